The lowest BCUT2D eigenvalue weighted by Gasteiger charge is -2.26. The molecule has 198 valence electrons. The van der Waals surface area contributed by atoms with E-state index >= 15 is 0 Å². The van der Waals surface area contributed by atoms with Crippen LogP contribution in [0.3, 0.4) is 0 Å². The van der Waals surface area contributed by atoms with Crippen molar-refractivity contribution < 1.29 is 29.3 Å². The molecule has 1 atom stereocenters. The second kappa shape index (κ2) is 11.0. The zero-order valence-electron chi connectivity index (χ0n) is 22.3. The van der Waals surface area contributed by atoms with Gasteiger partial charge < -0.3 is 24.6 Å². The van der Waals surface area contributed by atoms with Crippen molar-refractivity contribution in [3.63, 3.8) is 0 Å². The second-order valence-electron chi connectivity index (χ2n) is 9.71. The Hall–Kier alpha value is -4.26. The molecule has 1 aliphatic rings. The molecule has 1 unspecified atom stereocenters. The van der Waals surface area contributed by atoms with Gasteiger partial charge in [0.1, 0.15) is 11.5 Å². The smallest absolute Gasteiger partial charge is 0.295 e. The molecule has 1 aliphatic heterocycles. The molecule has 0 radical (unpaired) electrons. The van der Waals surface area contributed by atoms with Crippen molar-refractivity contribution in [2.75, 3.05) is 6.61 Å². The fourth-order valence-corrected chi connectivity index (χ4v) is 4.63. The van der Waals surface area contributed by atoms with Crippen LogP contribution < -0.4 is 9.47 Å². The lowest BCUT2D eigenvalue weighted by Crippen LogP contribution is -2.29. The Bertz CT molecular complexity index is 1390. The molecule has 3 aromatic rings. The van der Waals surface area contributed by atoms with Gasteiger partial charge in [0.05, 0.1) is 24.3 Å². The number of hydrogen-bond donors (Lipinski definition) is 2. The van der Waals surface area contributed by atoms with E-state index in [9.17, 15) is 19.8 Å². The van der Waals surface area contributed by atoms with Crippen LogP contribution in [0.5, 0.6) is 17.2 Å². The SMILES string of the molecule is CCOc1cc(C2/C(=C(/O)c3ccc(OC(C)C)cc3)C(=O)C(=O)N2Cc2cc(C)ccc2C)ccc1O. The number of Topliss-reactive ketones (excluding diaryl/α,β-unsaturated/α-hetero) is 1. The van der Waals surface area contributed by atoms with E-state index in [2.05, 4.69) is 0 Å². The van der Waals surface area contributed by atoms with Crippen LogP contribution in [-0.4, -0.2) is 39.5 Å². The van der Waals surface area contributed by atoms with Crippen LogP contribution in [0.25, 0.3) is 5.76 Å². The molecule has 0 spiro atoms. The number of aryl methyl sites for hydroxylation is 2. The molecular weight excluding hydrogens is 482 g/mol. The summed E-state index contributed by atoms with van der Waals surface area (Å²) in [5, 5.41) is 21.7. The van der Waals surface area contributed by atoms with Crippen LogP contribution in [0, 0.1) is 13.8 Å². The average Bonchev–Trinajstić information content (AvgIpc) is 3.12. The summed E-state index contributed by atoms with van der Waals surface area (Å²) in [5.74, 6) is -0.947. The maximum absolute atomic E-state index is 13.4. The summed E-state index contributed by atoms with van der Waals surface area (Å²) >= 11 is 0. The van der Waals surface area contributed by atoms with Gasteiger partial charge in [0.15, 0.2) is 11.5 Å². The second-order valence-corrected chi connectivity index (χ2v) is 9.71. The molecule has 0 aliphatic carbocycles. The standard InChI is InChI=1S/C31H33NO6/c1-6-37-26-16-22(11-14-25(26)33)28-27(29(34)21-9-12-24(13-10-21)38-18(2)3)30(35)31(36)32(28)17-23-15-19(4)7-8-20(23)5/h7-16,18,28,33-34H,6,17H2,1-5H3/b29-27-. The average molecular weight is 516 g/mol. The minimum atomic E-state index is -0.888. The number of carbonyl (C=O) groups excluding carboxylic acids is 2. The number of carbonyl (C=O) groups is 2. The van der Waals surface area contributed by atoms with Gasteiger partial charge in [-0.25, -0.2) is 0 Å². The third-order valence-electron chi connectivity index (χ3n) is 6.48. The van der Waals surface area contributed by atoms with Gasteiger partial charge in [-0.05, 0) is 87.7 Å². The number of phenolic OH excluding ortho intramolecular Hbond substituents is 1. The van der Waals surface area contributed by atoms with Crippen LogP contribution in [0.15, 0.2) is 66.2 Å². The van der Waals surface area contributed by atoms with Gasteiger partial charge in [-0.1, -0.05) is 29.8 Å². The van der Waals surface area contributed by atoms with Gasteiger partial charge >= 0.3 is 0 Å². The molecule has 1 saturated heterocycles. The molecule has 0 aromatic heterocycles. The fourth-order valence-electron chi connectivity index (χ4n) is 4.63. The Balaban J connectivity index is 1.86. The van der Waals surface area contributed by atoms with Gasteiger partial charge in [0.2, 0.25) is 0 Å². The number of aliphatic hydroxyl groups is 1. The summed E-state index contributed by atoms with van der Waals surface area (Å²) < 4.78 is 11.3. The lowest BCUT2D eigenvalue weighted by atomic mass is 9.94. The normalized spacial score (nSPS) is 16.8. The minimum absolute atomic E-state index is 0.0149. The summed E-state index contributed by atoms with van der Waals surface area (Å²) in [6.07, 6.45) is -0.0149. The predicted molar refractivity (Wildman–Crippen MR) is 145 cm³/mol. The highest BCUT2D eigenvalue weighted by Gasteiger charge is 2.46. The number of phenols is 1. The van der Waals surface area contributed by atoms with Crippen molar-refractivity contribution in [3.05, 3.63) is 94.1 Å². The molecule has 3 aromatic carbocycles. The van der Waals surface area contributed by atoms with E-state index in [1.54, 1.807) is 43.3 Å². The van der Waals surface area contributed by atoms with Crippen LogP contribution in [0.2, 0.25) is 0 Å². The zero-order valence-corrected chi connectivity index (χ0v) is 22.3. The van der Waals surface area contributed by atoms with Crippen molar-refractivity contribution >= 4 is 17.4 Å². The van der Waals surface area contributed by atoms with Crippen molar-refractivity contribution in [1.82, 2.24) is 4.90 Å². The highest BCUT2D eigenvalue weighted by Crippen LogP contribution is 2.43. The molecule has 7 nitrogen and oxygen atoms in total. The van der Waals surface area contributed by atoms with E-state index in [4.69, 9.17) is 9.47 Å². The number of likely N-dealkylation sites (tertiary alicyclic amines) is 1. The number of ketones is 1. The summed E-state index contributed by atoms with van der Waals surface area (Å²) in [7, 11) is 0. The van der Waals surface area contributed by atoms with Crippen molar-refractivity contribution in [3.8, 4) is 17.2 Å². The highest BCUT2D eigenvalue weighted by molar-refractivity contribution is 6.46. The van der Waals surface area contributed by atoms with Gasteiger partial charge in [0, 0.05) is 12.1 Å². The van der Waals surface area contributed by atoms with E-state index in [0.717, 1.165) is 16.7 Å². The van der Waals surface area contributed by atoms with Crippen molar-refractivity contribution in [1.29, 1.82) is 0 Å². The number of aromatic hydroxyl groups is 1. The molecule has 0 bridgehead atoms. The molecular formula is C31H33NO6. The molecule has 38 heavy (non-hydrogen) atoms. The van der Waals surface area contributed by atoms with Gasteiger partial charge in [0.25, 0.3) is 11.7 Å². The summed E-state index contributed by atoms with van der Waals surface area (Å²) in [4.78, 5) is 28.3. The highest BCUT2D eigenvalue weighted by atomic mass is 16.5. The first kappa shape index (κ1) is 26.8. The molecule has 1 fully saturated rings. The van der Waals surface area contributed by atoms with Gasteiger partial charge in [-0.3, -0.25) is 9.59 Å². The number of nitrogens with zero attached hydrogens (tertiary/aromatic N) is 1. The summed E-state index contributed by atoms with van der Waals surface area (Å²) in [6, 6.07) is 16.5. The fraction of sp³-hybridized carbons (Fsp3) is 0.290. The molecule has 7 heteroatoms. The number of aliphatic hydroxyl groups excluding tert-OH is 1. The minimum Gasteiger partial charge on any atom is -0.507 e. The first-order valence-corrected chi connectivity index (χ1v) is 12.7. The molecule has 4 rings (SSSR count). The third-order valence-corrected chi connectivity index (χ3v) is 6.48. The predicted octanol–water partition coefficient (Wildman–Crippen LogP) is 5.82. The van der Waals surface area contributed by atoms with Gasteiger partial charge in [-0.15, -0.1) is 0 Å². The Morgan fingerprint density at radius 1 is 1.00 bits per heavy atom. The molecule has 2 N–H and O–H groups in total. The topological polar surface area (TPSA) is 96.3 Å². The Morgan fingerprint density at radius 2 is 1.71 bits per heavy atom. The van der Waals surface area contributed by atoms with Crippen molar-refractivity contribution in [2.24, 2.45) is 0 Å². The first-order chi connectivity index (χ1) is 18.1. The number of benzene rings is 3. The van der Waals surface area contributed by atoms with E-state index < -0.39 is 17.7 Å². The first-order valence-electron chi connectivity index (χ1n) is 12.7. The van der Waals surface area contributed by atoms with E-state index in [1.165, 1.54) is 11.0 Å². The van der Waals surface area contributed by atoms with Gasteiger partial charge in [-0.2, -0.15) is 0 Å². The van der Waals surface area contributed by atoms with Crippen LogP contribution in [0.4, 0.5) is 0 Å². The summed E-state index contributed by atoms with van der Waals surface area (Å²) in [6.45, 7) is 10.0. The molecule has 1 heterocycles. The molecule has 0 saturated carbocycles. The Labute approximate surface area is 222 Å². The summed E-state index contributed by atoms with van der Waals surface area (Å²) in [5.41, 5.74) is 3.82. The van der Waals surface area contributed by atoms with Crippen LogP contribution >= 0.6 is 0 Å². The van der Waals surface area contributed by atoms with Crippen LogP contribution in [0.1, 0.15) is 54.6 Å². The van der Waals surface area contributed by atoms with Crippen LogP contribution in [-0.2, 0) is 16.1 Å². The number of rotatable bonds is 8. The number of amides is 1. The maximum Gasteiger partial charge on any atom is 0.295 e. The number of hydrogen-bond acceptors (Lipinski definition) is 6. The third kappa shape index (κ3) is 5.37. The van der Waals surface area contributed by atoms with Crippen molar-refractivity contribution in [2.45, 2.75) is 53.3 Å². The lowest BCUT2D eigenvalue weighted by molar-refractivity contribution is -0.140. The van der Waals surface area contributed by atoms with E-state index in [1.807, 2.05) is 45.9 Å². The van der Waals surface area contributed by atoms with E-state index in [0.29, 0.717) is 23.5 Å². The monoisotopic (exact) mass is 515 g/mol. The number of ether oxygens (including phenoxy) is 2. The quantitative estimate of drug-likeness (QED) is 0.223. The largest absolute Gasteiger partial charge is 0.507 e. The maximum atomic E-state index is 13.4. The zero-order chi connectivity index (χ0) is 27.6. The molecule has 1 amide bonds. The van der Waals surface area contributed by atoms with E-state index in [-0.39, 0.29) is 35.5 Å². The Kier molecular flexibility index (Phi) is 7.76. The Morgan fingerprint density at radius 3 is 2.37 bits per heavy atom.